The maximum absolute atomic E-state index is 10.7. The average molecular weight is 229 g/mol. The van der Waals surface area contributed by atoms with Crippen molar-refractivity contribution in [3.63, 3.8) is 0 Å². The van der Waals surface area contributed by atoms with Crippen molar-refractivity contribution in [3.8, 4) is 5.88 Å². The third-order valence-electron chi connectivity index (χ3n) is 2.23. The predicted molar refractivity (Wildman–Crippen MR) is 64.3 cm³/mol. The summed E-state index contributed by atoms with van der Waals surface area (Å²) >= 11 is 0. The Labute approximate surface area is 97.9 Å². The van der Waals surface area contributed by atoms with Gasteiger partial charge in [0.15, 0.2) is 0 Å². The number of ether oxygens (including phenoxy) is 1. The second-order valence-corrected chi connectivity index (χ2v) is 3.36. The second-order valence-electron chi connectivity index (χ2n) is 3.36. The first-order valence-electron chi connectivity index (χ1n) is 4.98. The zero-order valence-corrected chi connectivity index (χ0v) is 9.25. The lowest BCUT2D eigenvalue weighted by atomic mass is 10.2. The van der Waals surface area contributed by atoms with Crippen LogP contribution in [0.15, 0.2) is 30.5 Å². The molecule has 5 heteroatoms. The zero-order chi connectivity index (χ0) is 12.3. The monoisotopic (exact) mass is 229 g/mol. The number of hydrogen-bond donors (Lipinski definition) is 1. The Hall–Kier alpha value is -2.43. The quantitative estimate of drug-likeness (QED) is 0.800. The summed E-state index contributed by atoms with van der Waals surface area (Å²) in [6.07, 6.45) is 4.55. The number of hydrogen-bond acceptors (Lipinski definition) is 4. The highest BCUT2D eigenvalue weighted by atomic mass is 16.5. The molecule has 0 radical (unpaired) electrons. The first kappa shape index (κ1) is 11.1. The highest BCUT2D eigenvalue weighted by Crippen LogP contribution is 2.19. The van der Waals surface area contributed by atoms with Crippen LogP contribution in [0.5, 0.6) is 5.88 Å². The molecule has 0 aliphatic rings. The van der Waals surface area contributed by atoms with E-state index in [1.165, 1.54) is 6.08 Å². The van der Waals surface area contributed by atoms with Crippen molar-refractivity contribution in [1.82, 2.24) is 9.97 Å². The van der Waals surface area contributed by atoms with E-state index in [1.807, 2.05) is 6.07 Å². The molecule has 0 atom stereocenters. The van der Waals surface area contributed by atoms with E-state index in [9.17, 15) is 4.79 Å². The molecule has 2 aromatic heterocycles. The highest BCUT2D eigenvalue weighted by Gasteiger charge is 2.03. The first-order valence-corrected chi connectivity index (χ1v) is 4.98. The summed E-state index contributed by atoms with van der Waals surface area (Å²) in [6.45, 7) is 0. The Morgan fingerprint density at radius 3 is 2.94 bits per heavy atom. The highest BCUT2D eigenvalue weighted by molar-refractivity contribution is 5.93. The molecule has 5 nitrogen and oxygen atoms in total. The average Bonchev–Trinajstić information content (AvgIpc) is 2.35. The number of nitrogens with two attached hydrogens (primary N) is 1. The molecule has 0 fully saturated rings. The standard InChI is InChI=1S/C12H11N3O2/c1-17-11-5-3-9-12(15-11)8(6-7-14-9)2-4-10(13)16/h2-7H,1H3,(H2,13,16). The van der Waals surface area contributed by atoms with Crippen molar-refractivity contribution in [2.24, 2.45) is 5.73 Å². The van der Waals surface area contributed by atoms with Crippen molar-refractivity contribution >= 4 is 23.0 Å². The van der Waals surface area contributed by atoms with Gasteiger partial charge in [0.25, 0.3) is 0 Å². The molecule has 0 spiro atoms. The molecular weight excluding hydrogens is 218 g/mol. The van der Waals surface area contributed by atoms with Gasteiger partial charge in [0.1, 0.15) is 0 Å². The van der Waals surface area contributed by atoms with Crippen LogP contribution in [-0.4, -0.2) is 23.0 Å². The van der Waals surface area contributed by atoms with Crippen molar-refractivity contribution in [1.29, 1.82) is 0 Å². The molecular formula is C12H11N3O2. The van der Waals surface area contributed by atoms with Gasteiger partial charge in [0.05, 0.1) is 18.1 Å². The van der Waals surface area contributed by atoms with Crippen LogP contribution in [0.3, 0.4) is 0 Å². The number of fused-ring (bicyclic) bond motifs is 1. The number of carbonyl (C=O) groups is 1. The summed E-state index contributed by atoms with van der Waals surface area (Å²) in [4.78, 5) is 19.2. The molecule has 86 valence electrons. The van der Waals surface area contributed by atoms with Gasteiger partial charge in [-0.25, -0.2) is 4.98 Å². The maximum atomic E-state index is 10.7. The van der Waals surface area contributed by atoms with Gasteiger partial charge in [-0.1, -0.05) is 0 Å². The summed E-state index contributed by atoms with van der Waals surface area (Å²) in [5, 5.41) is 0. The number of carbonyl (C=O) groups excluding carboxylic acids is 1. The van der Waals surface area contributed by atoms with Crippen LogP contribution in [0.25, 0.3) is 17.1 Å². The van der Waals surface area contributed by atoms with Crippen molar-refractivity contribution in [2.75, 3.05) is 7.11 Å². The van der Waals surface area contributed by atoms with Gasteiger partial charge in [0.2, 0.25) is 11.8 Å². The molecule has 0 aliphatic carbocycles. The lowest BCUT2D eigenvalue weighted by Crippen LogP contribution is -2.05. The molecule has 2 rings (SSSR count). The minimum atomic E-state index is -0.502. The smallest absolute Gasteiger partial charge is 0.241 e. The van der Waals surface area contributed by atoms with Crippen LogP contribution in [0.4, 0.5) is 0 Å². The molecule has 0 unspecified atom stereocenters. The van der Waals surface area contributed by atoms with Crippen LogP contribution in [-0.2, 0) is 4.79 Å². The number of primary amides is 1. The summed E-state index contributed by atoms with van der Waals surface area (Å²) in [5.41, 5.74) is 7.23. The SMILES string of the molecule is COc1ccc2nccc(C=CC(N)=O)c2n1. The number of rotatable bonds is 3. The summed E-state index contributed by atoms with van der Waals surface area (Å²) in [7, 11) is 1.55. The van der Waals surface area contributed by atoms with Gasteiger partial charge in [-0.15, -0.1) is 0 Å². The van der Waals surface area contributed by atoms with Gasteiger partial charge < -0.3 is 10.5 Å². The van der Waals surface area contributed by atoms with E-state index in [1.54, 1.807) is 31.5 Å². The number of nitrogens with zero attached hydrogens (tertiary/aromatic N) is 2. The Kier molecular flexibility index (Phi) is 3.00. The molecule has 0 aromatic carbocycles. The minimum Gasteiger partial charge on any atom is -0.481 e. The number of amides is 1. The molecule has 0 aliphatic heterocycles. The molecule has 0 bridgehead atoms. The fraction of sp³-hybridized carbons (Fsp3) is 0.0833. The van der Waals surface area contributed by atoms with Crippen molar-refractivity contribution in [3.05, 3.63) is 36.0 Å². The maximum Gasteiger partial charge on any atom is 0.241 e. The summed E-state index contributed by atoms with van der Waals surface area (Å²) in [6, 6.07) is 5.30. The van der Waals surface area contributed by atoms with Crippen LogP contribution in [0, 0.1) is 0 Å². The number of methoxy groups -OCH3 is 1. The normalized spacial score (nSPS) is 10.9. The summed E-state index contributed by atoms with van der Waals surface area (Å²) in [5.74, 6) is -0.00270. The molecule has 0 saturated heterocycles. The van der Waals surface area contributed by atoms with Crippen LogP contribution in [0.2, 0.25) is 0 Å². The summed E-state index contributed by atoms with van der Waals surface area (Å²) < 4.78 is 5.05. The fourth-order valence-corrected chi connectivity index (χ4v) is 1.45. The van der Waals surface area contributed by atoms with Crippen LogP contribution in [0.1, 0.15) is 5.56 Å². The Morgan fingerprint density at radius 1 is 1.41 bits per heavy atom. The predicted octanol–water partition coefficient (Wildman–Crippen LogP) is 1.14. The Balaban J connectivity index is 2.58. The fourth-order valence-electron chi connectivity index (χ4n) is 1.45. The number of pyridine rings is 2. The largest absolute Gasteiger partial charge is 0.481 e. The molecule has 2 aromatic rings. The van der Waals surface area contributed by atoms with E-state index in [0.717, 1.165) is 11.1 Å². The van der Waals surface area contributed by atoms with E-state index in [4.69, 9.17) is 10.5 Å². The van der Waals surface area contributed by atoms with Crippen LogP contribution >= 0.6 is 0 Å². The Morgan fingerprint density at radius 2 is 2.24 bits per heavy atom. The van der Waals surface area contributed by atoms with Gasteiger partial charge >= 0.3 is 0 Å². The molecule has 17 heavy (non-hydrogen) atoms. The van der Waals surface area contributed by atoms with Crippen LogP contribution < -0.4 is 10.5 Å². The molecule has 1 amide bonds. The van der Waals surface area contributed by atoms with E-state index >= 15 is 0 Å². The lowest BCUT2D eigenvalue weighted by Gasteiger charge is -2.03. The van der Waals surface area contributed by atoms with Gasteiger partial charge in [-0.3, -0.25) is 9.78 Å². The molecule has 2 N–H and O–H groups in total. The Bertz CT molecular complexity index is 593. The van der Waals surface area contributed by atoms with Crippen molar-refractivity contribution < 1.29 is 9.53 Å². The van der Waals surface area contributed by atoms with Gasteiger partial charge in [-0.05, 0) is 18.2 Å². The van der Waals surface area contributed by atoms with E-state index in [0.29, 0.717) is 11.4 Å². The molecule has 0 saturated carbocycles. The topological polar surface area (TPSA) is 78.1 Å². The first-order chi connectivity index (χ1) is 8.20. The minimum absolute atomic E-state index is 0.499. The van der Waals surface area contributed by atoms with E-state index in [2.05, 4.69) is 9.97 Å². The third kappa shape index (κ3) is 2.39. The zero-order valence-electron chi connectivity index (χ0n) is 9.25. The number of aromatic nitrogens is 2. The molecule has 2 heterocycles. The van der Waals surface area contributed by atoms with Gasteiger partial charge in [0, 0.05) is 23.9 Å². The lowest BCUT2D eigenvalue weighted by molar-refractivity contribution is -0.113. The van der Waals surface area contributed by atoms with Gasteiger partial charge in [-0.2, -0.15) is 0 Å². The van der Waals surface area contributed by atoms with E-state index < -0.39 is 5.91 Å². The van der Waals surface area contributed by atoms with E-state index in [-0.39, 0.29) is 0 Å². The third-order valence-corrected chi connectivity index (χ3v) is 2.23. The van der Waals surface area contributed by atoms with Crippen molar-refractivity contribution in [2.45, 2.75) is 0 Å². The second kappa shape index (κ2) is 4.61.